The Hall–Kier alpha value is -2.11. The molecule has 1 aliphatic heterocycles. The highest BCUT2D eigenvalue weighted by atomic mass is 16.3. The van der Waals surface area contributed by atoms with E-state index in [4.69, 9.17) is 4.42 Å². The Morgan fingerprint density at radius 2 is 1.79 bits per heavy atom. The number of hydrogen-bond donors (Lipinski definition) is 1. The lowest BCUT2D eigenvalue weighted by Gasteiger charge is -2.39. The number of aryl methyl sites for hydroxylation is 1. The van der Waals surface area contributed by atoms with Gasteiger partial charge in [0.15, 0.2) is 0 Å². The molecule has 2 aromatic rings. The zero-order chi connectivity index (χ0) is 19.9. The second-order valence-corrected chi connectivity index (χ2v) is 8.09. The summed E-state index contributed by atoms with van der Waals surface area (Å²) in [6.45, 7) is 9.53. The zero-order valence-corrected chi connectivity index (χ0v) is 17.4. The second-order valence-electron chi connectivity index (χ2n) is 8.09. The van der Waals surface area contributed by atoms with E-state index in [2.05, 4.69) is 36.0 Å². The number of carbonyl (C=O) groups is 1. The quantitative estimate of drug-likeness (QED) is 0.760. The predicted molar refractivity (Wildman–Crippen MR) is 113 cm³/mol. The average molecular weight is 384 g/mol. The summed E-state index contributed by atoms with van der Waals surface area (Å²) >= 11 is 0. The molecule has 0 saturated carbocycles. The van der Waals surface area contributed by atoms with E-state index in [9.17, 15) is 4.79 Å². The average Bonchev–Trinajstić information content (AvgIpc) is 3.17. The highest BCUT2D eigenvalue weighted by Gasteiger charge is 2.25. The van der Waals surface area contributed by atoms with Gasteiger partial charge in [-0.2, -0.15) is 0 Å². The van der Waals surface area contributed by atoms with Gasteiger partial charge in [-0.15, -0.1) is 0 Å². The molecule has 5 heteroatoms. The van der Waals surface area contributed by atoms with Crippen molar-refractivity contribution in [3.8, 4) is 11.3 Å². The van der Waals surface area contributed by atoms with E-state index in [0.29, 0.717) is 31.3 Å². The third kappa shape index (κ3) is 5.69. The number of nitrogens with one attached hydrogen (secondary N) is 1. The number of hydrogen-bond acceptors (Lipinski definition) is 4. The van der Waals surface area contributed by atoms with Crippen LogP contribution in [0, 0.1) is 5.92 Å². The highest BCUT2D eigenvalue weighted by molar-refractivity contribution is 5.76. The molecule has 1 amide bonds. The third-order valence-corrected chi connectivity index (χ3v) is 5.60. The molecule has 1 fully saturated rings. The van der Waals surface area contributed by atoms with Crippen LogP contribution < -0.4 is 5.32 Å². The standard InChI is InChI=1S/C23H33N3O2/c1-18(2)21(26-15-13-25(3)14-16-26)17-24-23(27)12-10-20-9-11-22(28-20)19-7-5-4-6-8-19/h4-9,11,18,21H,10,12-17H2,1-3H3,(H,24,27). The SMILES string of the molecule is CC(C)C(CNC(=O)CCc1ccc(-c2ccccc2)o1)N1CCN(C)CC1. The van der Waals surface area contributed by atoms with Crippen molar-refractivity contribution in [1.82, 2.24) is 15.1 Å². The largest absolute Gasteiger partial charge is 0.461 e. The molecule has 0 aliphatic carbocycles. The molecule has 1 atom stereocenters. The van der Waals surface area contributed by atoms with Crippen LogP contribution in [0.4, 0.5) is 0 Å². The molecule has 1 unspecified atom stereocenters. The van der Waals surface area contributed by atoms with Crippen molar-refractivity contribution in [2.75, 3.05) is 39.8 Å². The van der Waals surface area contributed by atoms with Crippen LogP contribution in [-0.2, 0) is 11.2 Å². The van der Waals surface area contributed by atoms with Gasteiger partial charge in [0, 0.05) is 57.2 Å². The van der Waals surface area contributed by atoms with Crippen LogP contribution in [0.3, 0.4) is 0 Å². The summed E-state index contributed by atoms with van der Waals surface area (Å²) in [4.78, 5) is 17.3. The lowest BCUT2D eigenvalue weighted by molar-refractivity contribution is -0.121. The molecule has 1 N–H and O–H groups in total. The van der Waals surface area contributed by atoms with Crippen LogP contribution in [0.2, 0.25) is 0 Å². The zero-order valence-electron chi connectivity index (χ0n) is 17.4. The Morgan fingerprint density at radius 3 is 2.46 bits per heavy atom. The predicted octanol–water partition coefficient (Wildman–Crippen LogP) is 3.27. The van der Waals surface area contributed by atoms with E-state index >= 15 is 0 Å². The number of likely N-dealkylation sites (N-methyl/N-ethyl adjacent to an activating group) is 1. The molecule has 5 nitrogen and oxygen atoms in total. The van der Waals surface area contributed by atoms with Gasteiger partial charge < -0.3 is 14.6 Å². The van der Waals surface area contributed by atoms with Crippen LogP contribution in [0.25, 0.3) is 11.3 Å². The fourth-order valence-electron chi connectivity index (χ4n) is 3.75. The maximum atomic E-state index is 12.4. The van der Waals surface area contributed by atoms with Gasteiger partial charge in [0.1, 0.15) is 11.5 Å². The Kier molecular flexibility index (Phi) is 7.29. The minimum Gasteiger partial charge on any atom is -0.461 e. The first-order valence-electron chi connectivity index (χ1n) is 10.4. The van der Waals surface area contributed by atoms with Crippen LogP contribution in [0.15, 0.2) is 46.9 Å². The molecular formula is C23H33N3O2. The van der Waals surface area contributed by atoms with Gasteiger partial charge in [-0.05, 0) is 25.1 Å². The number of furan rings is 1. The summed E-state index contributed by atoms with van der Waals surface area (Å²) in [5.41, 5.74) is 1.06. The molecule has 0 radical (unpaired) electrons. The van der Waals surface area contributed by atoms with Crippen molar-refractivity contribution >= 4 is 5.91 Å². The van der Waals surface area contributed by atoms with E-state index in [-0.39, 0.29) is 5.91 Å². The molecule has 0 spiro atoms. The smallest absolute Gasteiger partial charge is 0.220 e. The summed E-state index contributed by atoms with van der Waals surface area (Å²) in [6.07, 6.45) is 1.08. The Bertz CT molecular complexity index is 733. The normalized spacial score (nSPS) is 17.0. The fourth-order valence-corrected chi connectivity index (χ4v) is 3.75. The molecule has 152 valence electrons. The number of piperazine rings is 1. The van der Waals surface area contributed by atoms with Crippen molar-refractivity contribution in [1.29, 1.82) is 0 Å². The van der Waals surface area contributed by atoms with Crippen LogP contribution in [-0.4, -0.2) is 61.5 Å². The molecule has 1 aromatic heterocycles. The summed E-state index contributed by atoms with van der Waals surface area (Å²) < 4.78 is 5.90. The first-order valence-corrected chi connectivity index (χ1v) is 10.4. The molecule has 0 bridgehead atoms. The number of benzene rings is 1. The van der Waals surface area contributed by atoms with Crippen molar-refractivity contribution in [2.45, 2.75) is 32.7 Å². The second kappa shape index (κ2) is 9.89. The fraction of sp³-hybridized carbons (Fsp3) is 0.522. The number of amides is 1. The first-order chi connectivity index (χ1) is 13.5. The molecule has 1 saturated heterocycles. The van der Waals surface area contributed by atoms with E-state index in [1.807, 2.05) is 42.5 Å². The maximum Gasteiger partial charge on any atom is 0.220 e. The highest BCUT2D eigenvalue weighted by Crippen LogP contribution is 2.22. The van der Waals surface area contributed by atoms with E-state index < -0.39 is 0 Å². The number of rotatable bonds is 8. The van der Waals surface area contributed by atoms with Gasteiger partial charge in [0.2, 0.25) is 5.91 Å². The Morgan fingerprint density at radius 1 is 1.07 bits per heavy atom. The maximum absolute atomic E-state index is 12.4. The van der Waals surface area contributed by atoms with Crippen molar-refractivity contribution in [3.05, 3.63) is 48.2 Å². The molecule has 1 aromatic carbocycles. The van der Waals surface area contributed by atoms with Gasteiger partial charge in [-0.3, -0.25) is 9.69 Å². The molecule has 1 aliphatic rings. The lowest BCUT2D eigenvalue weighted by Crippen LogP contribution is -2.54. The van der Waals surface area contributed by atoms with Gasteiger partial charge in [-0.25, -0.2) is 0 Å². The molecule has 3 rings (SSSR count). The van der Waals surface area contributed by atoms with Crippen molar-refractivity contribution < 1.29 is 9.21 Å². The summed E-state index contributed by atoms with van der Waals surface area (Å²) in [7, 11) is 2.17. The van der Waals surface area contributed by atoms with E-state index in [1.54, 1.807) is 0 Å². The van der Waals surface area contributed by atoms with Gasteiger partial charge in [0.05, 0.1) is 0 Å². The monoisotopic (exact) mass is 383 g/mol. The van der Waals surface area contributed by atoms with Crippen LogP contribution >= 0.6 is 0 Å². The van der Waals surface area contributed by atoms with Crippen molar-refractivity contribution in [2.24, 2.45) is 5.92 Å². The first kappa shape index (κ1) is 20.6. The third-order valence-electron chi connectivity index (χ3n) is 5.60. The summed E-state index contributed by atoms with van der Waals surface area (Å²) in [5, 5.41) is 3.15. The molecular weight excluding hydrogens is 350 g/mol. The van der Waals surface area contributed by atoms with Gasteiger partial charge in [0.25, 0.3) is 0 Å². The number of carbonyl (C=O) groups excluding carboxylic acids is 1. The van der Waals surface area contributed by atoms with Crippen molar-refractivity contribution in [3.63, 3.8) is 0 Å². The molecule has 28 heavy (non-hydrogen) atoms. The van der Waals surface area contributed by atoms with Gasteiger partial charge in [-0.1, -0.05) is 44.2 Å². The van der Waals surface area contributed by atoms with Gasteiger partial charge >= 0.3 is 0 Å². The van der Waals surface area contributed by atoms with E-state index in [0.717, 1.165) is 43.3 Å². The lowest BCUT2D eigenvalue weighted by atomic mass is 10.0. The number of nitrogens with zero attached hydrogens (tertiary/aromatic N) is 2. The minimum atomic E-state index is 0.0949. The van der Waals surface area contributed by atoms with Crippen LogP contribution in [0.5, 0.6) is 0 Å². The summed E-state index contributed by atoms with van der Waals surface area (Å²) in [5.74, 6) is 2.32. The minimum absolute atomic E-state index is 0.0949. The Labute approximate surface area is 168 Å². The topological polar surface area (TPSA) is 48.7 Å². The summed E-state index contributed by atoms with van der Waals surface area (Å²) in [6, 6.07) is 14.4. The molecule has 2 heterocycles. The van der Waals surface area contributed by atoms with E-state index in [1.165, 1.54) is 0 Å². The Balaban J connectivity index is 1.45. The van der Waals surface area contributed by atoms with Crippen LogP contribution in [0.1, 0.15) is 26.0 Å².